The molecule has 2 aromatic rings. The van der Waals surface area contributed by atoms with Crippen molar-refractivity contribution in [3.05, 3.63) is 70.9 Å². The van der Waals surface area contributed by atoms with Crippen LogP contribution in [0.2, 0.25) is 0 Å². The first kappa shape index (κ1) is 23.4. The van der Waals surface area contributed by atoms with E-state index in [1.165, 1.54) is 37.6 Å². The molecule has 0 spiro atoms. The Morgan fingerprint density at radius 1 is 1.12 bits per heavy atom. The molecule has 2 aliphatic rings. The molecular weight excluding hydrogens is 410 g/mol. The Morgan fingerprint density at radius 2 is 1.91 bits per heavy atom. The first-order chi connectivity index (χ1) is 16.1. The number of hydrogen-bond donors (Lipinski definition) is 0. The van der Waals surface area contributed by atoms with Crippen LogP contribution in [0.4, 0.5) is 0 Å². The number of hydrogen-bond acceptors (Lipinski definition) is 4. The zero-order valence-corrected chi connectivity index (χ0v) is 20.0. The fourth-order valence-electron chi connectivity index (χ4n) is 4.97. The lowest BCUT2D eigenvalue weighted by Gasteiger charge is -2.35. The SMILES string of the molecule is CCCCC1C=NC2=C(CC(C)CC2)C1OCc1ccc(-c2ccccc2C(=O)OC)cc1. The van der Waals surface area contributed by atoms with Gasteiger partial charge in [0.05, 0.1) is 25.4 Å². The fraction of sp³-hybridized carbons (Fsp3) is 0.448. The van der Waals surface area contributed by atoms with E-state index < -0.39 is 0 Å². The van der Waals surface area contributed by atoms with Crippen LogP contribution in [0.25, 0.3) is 11.1 Å². The van der Waals surface area contributed by atoms with E-state index in [2.05, 4.69) is 44.3 Å². The van der Waals surface area contributed by atoms with Gasteiger partial charge in [-0.2, -0.15) is 0 Å². The number of esters is 1. The van der Waals surface area contributed by atoms with Crippen LogP contribution in [0.15, 0.2) is 64.8 Å². The van der Waals surface area contributed by atoms with Gasteiger partial charge in [0.1, 0.15) is 0 Å². The number of methoxy groups -OCH3 is 1. The molecule has 0 bridgehead atoms. The summed E-state index contributed by atoms with van der Waals surface area (Å²) >= 11 is 0. The van der Waals surface area contributed by atoms with Crippen molar-refractivity contribution < 1.29 is 14.3 Å². The molecule has 3 unspecified atom stereocenters. The minimum Gasteiger partial charge on any atom is -0.465 e. The predicted octanol–water partition coefficient (Wildman–Crippen LogP) is 6.99. The smallest absolute Gasteiger partial charge is 0.338 e. The Hall–Kier alpha value is -2.72. The molecule has 0 N–H and O–H groups in total. The second-order valence-electron chi connectivity index (χ2n) is 9.37. The maximum atomic E-state index is 12.1. The summed E-state index contributed by atoms with van der Waals surface area (Å²) in [6, 6.07) is 15.9. The van der Waals surface area contributed by atoms with E-state index in [-0.39, 0.29) is 12.1 Å². The van der Waals surface area contributed by atoms with Gasteiger partial charge in [0.25, 0.3) is 0 Å². The highest BCUT2D eigenvalue weighted by Crippen LogP contribution is 2.39. The van der Waals surface area contributed by atoms with Crippen LogP contribution in [-0.4, -0.2) is 25.4 Å². The van der Waals surface area contributed by atoms with Gasteiger partial charge in [-0.15, -0.1) is 0 Å². The van der Waals surface area contributed by atoms with Crippen molar-refractivity contribution in [1.29, 1.82) is 0 Å². The second-order valence-corrected chi connectivity index (χ2v) is 9.37. The van der Waals surface area contributed by atoms with Crippen molar-refractivity contribution in [3.63, 3.8) is 0 Å². The number of carbonyl (C=O) groups is 1. The third-order valence-corrected chi connectivity index (χ3v) is 6.89. The standard InChI is InChI=1S/C29H35NO3/c1-4-5-8-23-18-30-27-16-11-20(2)17-26(27)28(23)33-19-21-12-14-22(15-13-21)24-9-6-7-10-25(24)29(31)32-3/h6-7,9-10,12-15,18,20,23,28H,4-5,8,11,16-17,19H2,1-3H3. The molecule has 33 heavy (non-hydrogen) atoms. The summed E-state index contributed by atoms with van der Waals surface area (Å²) < 4.78 is 11.5. The van der Waals surface area contributed by atoms with E-state index in [4.69, 9.17) is 14.5 Å². The lowest BCUT2D eigenvalue weighted by molar-refractivity contribution is 0.0344. The van der Waals surface area contributed by atoms with Gasteiger partial charge in [-0.25, -0.2) is 4.79 Å². The predicted molar refractivity (Wildman–Crippen MR) is 133 cm³/mol. The molecule has 1 heterocycles. The quantitative estimate of drug-likeness (QED) is 0.411. The number of nitrogens with zero attached hydrogens (tertiary/aromatic N) is 1. The molecule has 0 saturated heterocycles. The Morgan fingerprint density at radius 3 is 2.67 bits per heavy atom. The summed E-state index contributed by atoms with van der Waals surface area (Å²) in [5, 5.41) is 0. The monoisotopic (exact) mass is 445 g/mol. The lowest BCUT2D eigenvalue weighted by Crippen LogP contribution is -2.33. The highest BCUT2D eigenvalue weighted by atomic mass is 16.5. The largest absolute Gasteiger partial charge is 0.465 e. The van der Waals surface area contributed by atoms with Crippen LogP contribution in [0, 0.1) is 11.8 Å². The molecule has 4 nitrogen and oxygen atoms in total. The van der Waals surface area contributed by atoms with Crippen LogP contribution in [0.3, 0.4) is 0 Å². The van der Waals surface area contributed by atoms with Gasteiger partial charge in [0, 0.05) is 17.8 Å². The zero-order valence-electron chi connectivity index (χ0n) is 20.0. The molecule has 2 aromatic carbocycles. The molecule has 1 aliphatic heterocycles. The van der Waals surface area contributed by atoms with Crippen molar-refractivity contribution in [2.45, 2.75) is 65.1 Å². The van der Waals surface area contributed by atoms with Crippen molar-refractivity contribution in [3.8, 4) is 11.1 Å². The maximum Gasteiger partial charge on any atom is 0.338 e. The molecule has 0 aromatic heterocycles. The third-order valence-electron chi connectivity index (χ3n) is 6.89. The van der Waals surface area contributed by atoms with Gasteiger partial charge in [-0.05, 0) is 59.9 Å². The van der Waals surface area contributed by atoms with Crippen molar-refractivity contribution in [1.82, 2.24) is 0 Å². The van der Waals surface area contributed by atoms with E-state index in [1.807, 2.05) is 18.2 Å². The third kappa shape index (κ3) is 5.44. The summed E-state index contributed by atoms with van der Waals surface area (Å²) in [7, 11) is 1.41. The number of allylic oxidation sites excluding steroid dienone is 1. The number of aliphatic imine (C=N–C) groups is 1. The highest BCUT2D eigenvalue weighted by molar-refractivity contribution is 5.97. The van der Waals surface area contributed by atoms with Gasteiger partial charge >= 0.3 is 5.97 Å². The summed E-state index contributed by atoms with van der Waals surface area (Å²) in [5.41, 5.74) is 6.29. The van der Waals surface area contributed by atoms with Gasteiger partial charge in [-0.1, -0.05) is 69.2 Å². The summed E-state index contributed by atoms with van der Waals surface area (Å²) in [5.74, 6) is 0.741. The number of rotatable bonds is 8. The normalized spacial score (nSPS) is 22.2. The van der Waals surface area contributed by atoms with Crippen molar-refractivity contribution in [2.75, 3.05) is 7.11 Å². The first-order valence-electron chi connectivity index (χ1n) is 12.2. The molecule has 0 saturated carbocycles. The molecule has 3 atom stereocenters. The number of unbranched alkanes of at least 4 members (excludes halogenated alkanes) is 1. The van der Waals surface area contributed by atoms with Crippen molar-refractivity contribution >= 4 is 12.2 Å². The second kappa shape index (κ2) is 10.9. The zero-order chi connectivity index (χ0) is 23.2. The molecule has 0 amide bonds. The molecule has 174 valence electrons. The summed E-state index contributed by atoms with van der Waals surface area (Å²) in [6.07, 6.45) is 9.19. The minimum atomic E-state index is -0.319. The number of benzene rings is 2. The van der Waals surface area contributed by atoms with Crippen LogP contribution in [-0.2, 0) is 16.1 Å². The molecule has 4 heteroatoms. The lowest BCUT2D eigenvalue weighted by atomic mass is 9.79. The molecule has 1 aliphatic carbocycles. The van der Waals surface area contributed by atoms with Crippen LogP contribution < -0.4 is 0 Å². The van der Waals surface area contributed by atoms with Crippen LogP contribution in [0.1, 0.15) is 68.3 Å². The Kier molecular flexibility index (Phi) is 7.77. The Bertz CT molecular complexity index is 1020. The van der Waals surface area contributed by atoms with E-state index in [9.17, 15) is 4.79 Å². The van der Waals surface area contributed by atoms with Gasteiger partial charge < -0.3 is 9.47 Å². The van der Waals surface area contributed by atoms with E-state index in [0.717, 1.165) is 36.0 Å². The molecule has 0 radical (unpaired) electrons. The van der Waals surface area contributed by atoms with Gasteiger partial charge in [0.15, 0.2) is 0 Å². The average Bonchev–Trinajstić information content (AvgIpc) is 2.86. The molecule has 4 rings (SSSR count). The van der Waals surface area contributed by atoms with E-state index in [0.29, 0.717) is 24.0 Å². The van der Waals surface area contributed by atoms with E-state index >= 15 is 0 Å². The summed E-state index contributed by atoms with van der Waals surface area (Å²) in [6.45, 7) is 5.15. The average molecular weight is 446 g/mol. The topological polar surface area (TPSA) is 47.9 Å². The highest BCUT2D eigenvalue weighted by Gasteiger charge is 2.33. The van der Waals surface area contributed by atoms with Crippen molar-refractivity contribution in [2.24, 2.45) is 16.8 Å². The molecule has 0 fully saturated rings. The molecular formula is C29H35NO3. The first-order valence-corrected chi connectivity index (χ1v) is 12.2. The van der Waals surface area contributed by atoms with Gasteiger partial charge in [0.2, 0.25) is 0 Å². The number of ether oxygens (including phenoxy) is 2. The van der Waals surface area contributed by atoms with Gasteiger partial charge in [-0.3, -0.25) is 4.99 Å². The maximum absolute atomic E-state index is 12.1. The summed E-state index contributed by atoms with van der Waals surface area (Å²) in [4.78, 5) is 17.0. The number of carbonyl (C=O) groups excluding carboxylic acids is 1. The minimum absolute atomic E-state index is 0.131. The van der Waals surface area contributed by atoms with Crippen LogP contribution >= 0.6 is 0 Å². The fourth-order valence-corrected chi connectivity index (χ4v) is 4.97. The Balaban J connectivity index is 1.49. The van der Waals surface area contributed by atoms with Crippen LogP contribution in [0.5, 0.6) is 0 Å². The van der Waals surface area contributed by atoms with E-state index in [1.54, 1.807) is 6.07 Å². The Labute approximate surface area is 197 Å².